The first-order valence-electron chi connectivity index (χ1n) is 9.86. The summed E-state index contributed by atoms with van der Waals surface area (Å²) in [6, 6.07) is -0.320. The Morgan fingerprint density at radius 3 is 2.81 bits per heavy atom. The molecule has 4 rings (SSSR count). The number of aromatic nitrogens is 4. The zero-order valence-electron chi connectivity index (χ0n) is 16.2. The number of carbonyl (C=O) groups is 1. The van der Waals surface area contributed by atoms with Crippen LogP contribution in [0.5, 0.6) is 0 Å². The number of nitrogens with one attached hydrogen (secondary N) is 1. The minimum atomic E-state index is -0.320. The lowest BCUT2D eigenvalue weighted by Gasteiger charge is -2.31. The second kappa shape index (κ2) is 6.94. The highest BCUT2D eigenvalue weighted by Gasteiger charge is 2.30. The van der Waals surface area contributed by atoms with Crippen molar-refractivity contribution >= 4 is 5.91 Å². The third kappa shape index (κ3) is 3.55. The quantitative estimate of drug-likeness (QED) is 0.876. The van der Waals surface area contributed by atoms with Gasteiger partial charge in [-0.1, -0.05) is 13.8 Å². The lowest BCUT2D eigenvalue weighted by molar-refractivity contribution is -0.135. The monoisotopic (exact) mass is 369 g/mol. The number of amides is 1. The van der Waals surface area contributed by atoms with Crippen molar-refractivity contribution in [3.63, 3.8) is 0 Å². The standard InChI is InChI=1S/C20H27N5O2/c1-12(2)18-21-7-9-25(18)13(3)20(27)24-8-6-15-16(11-24)22-17(23-19(15)26)10-14-4-5-14/h7,9,12-14H,4-6,8,10-11H2,1-3H3,(H,22,23,26)/t13-/m1/s1. The van der Waals surface area contributed by atoms with Crippen LogP contribution in [0.15, 0.2) is 17.2 Å². The third-order valence-corrected chi connectivity index (χ3v) is 5.60. The van der Waals surface area contributed by atoms with Gasteiger partial charge in [0.25, 0.3) is 5.56 Å². The molecule has 2 aromatic heterocycles. The lowest BCUT2D eigenvalue weighted by Crippen LogP contribution is -2.42. The van der Waals surface area contributed by atoms with E-state index in [2.05, 4.69) is 28.8 Å². The highest BCUT2D eigenvalue weighted by molar-refractivity contribution is 5.80. The fourth-order valence-corrected chi connectivity index (χ4v) is 3.85. The van der Waals surface area contributed by atoms with E-state index in [1.807, 2.05) is 22.6 Å². The van der Waals surface area contributed by atoms with Crippen molar-refractivity contribution in [3.8, 4) is 0 Å². The minimum absolute atomic E-state index is 0.0347. The van der Waals surface area contributed by atoms with E-state index < -0.39 is 0 Å². The molecule has 1 amide bonds. The number of rotatable bonds is 5. The summed E-state index contributed by atoms with van der Waals surface area (Å²) >= 11 is 0. The summed E-state index contributed by atoms with van der Waals surface area (Å²) in [5.41, 5.74) is 1.46. The summed E-state index contributed by atoms with van der Waals surface area (Å²) in [6.07, 6.45) is 7.43. The Morgan fingerprint density at radius 2 is 2.11 bits per heavy atom. The molecule has 0 bridgehead atoms. The molecule has 27 heavy (non-hydrogen) atoms. The average molecular weight is 369 g/mol. The Labute approximate surface area is 158 Å². The van der Waals surface area contributed by atoms with Gasteiger partial charge in [-0.3, -0.25) is 9.59 Å². The van der Waals surface area contributed by atoms with Crippen LogP contribution in [0.2, 0.25) is 0 Å². The fraction of sp³-hybridized carbons (Fsp3) is 0.600. The van der Waals surface area contributed by atoms with Crippen LogP contribution >= 0.6 is 0 Å². The molecule has 1 fully saturated rings. The predicted octanol–water partition coefficient (Wildman–Crippen LogP) is 2.19. The van der Waals surface area contributed by atoms with E-state index in [0.717, 1.165) is 29.3 Å². The summed E-state index contributed by atoms with van der Waals surface area (Å²) in [5.74, 6) is 2.63. The summed E-state index contributed by atoms with van der Waals surface area (Å²) in [5, 5.41) is 0. The largest absolute Gasteiger partial charge is 0.335 e. The minimum Gasteiger partial charge on any atom is -0.335 e. The summed E-state index contributed by atoms with van der Waals surface area (Å²) in [7, 11) is 0. The summed E-state index contributed by atoms with van der Waals surface area (Å²) < 4.78 is 1.95. The average Bonchev–Trinajstić information content (AvgIpc) is 3.31. The maximum Gasteiger partial charge on any atom is 0.254 e. The van der Waals surface area contributed by atoms with Gasteiger partial charge in [-0.05, 0) is 32.1 Å². The number of aromatic amines is 1. The van der Waals surface area contributed by atoms with Crippen molar-refractivity contribution in [1.29, 1.82) is 0 Å². The van der Waals surface area contributed by atoms with Crippen LogP contribution in [0.4, 0.5) is 0 Å². The van der Waals surface area contributed by atoms with Gasteiger partial charge in [0, 0.05) is 36.8 Å². The Hall–Kier alpha value is -2.44. The number of hydrogen-bond donors (Lipinski definition) is 1. The van der Waals surface area contributed by atoms with Gasteiger partial charge in [0.2, 0.25) is 5.91 Å². The van der Waals surface area contributed by atoms with Crippen LogP contribution in [0.1, 0.15) is 68.5 Å². The molecule has 0 unspecified atom stereocenters. The van der Waals surface area contributed by atoms with Crippen LogP contribution in [-0.4, -0.2) is 36.9 Å². The van der Waals surface area contributed by atoms with Crippen LogP contribution in [0, 0.1) is 5.92 Å². The number of fused-ring (bicyclic) bond motifs is 1. The molecule has 2 aromatic rings. The Balaban J connectivity index is 1.54. The highest BCUT2D eigenvalue weighted by atomic mass is 16.2. The molecular weight excluding hydrogens is 342 g/mol. The van der Waals surface area contributed by atoms with E-state index in [-0.39, 0.29) is 23.4 Å². The van der Waals surface area contributed by atoms with Crippen molar-refractivity contribution in [3.05, 3.63) is 45.7 Å². The van der Waals surface area contributed by atoms with Crippen LogP contribution < -0.4 is 5.56 Å². The number of hydrogen-bond acceptors (Lipinski definition) is 4. The molecule has 0 aromatic carbocycles. The molecule has 1 saturated carbocycles. The maximum absolute atomic E-state index is 13.1. The molecule has 1 atom stereocenters. The topological polar surface area (TPSA) is 83.9 Å². The van der Waals surface area contributed by atoms with Gasteiger partial charge in [-0.15, -0.1) is 0 Å². The number of carbonyl (C=O) groups excluding carboxylic acids is 1. The van der Waals surface area contributed by atoms with Gasteiger partial charge < -0.3 is 14.5 Å². The Bertz CT molecular complexity index is 909. The second-order valence-electron chi connectivity index (χ2n) is 8.12. The van der Waals surface area contributed by atoms with Crippen molar-refractivity contribution in [2.45, 2.75) is 65.0 Å². The number of nitrogens with zero attached hydrogens (tertiary/aromatic N) is 4. The van der Waals surface area contributed by atoms with Crippen LogP contribution in [0.3, 0.4) is 0 Å². The van der Waals surface area contributed by atoms with Crippen LogP contribution in [0.25, 0.3) is 0 Å². The zero-order chi connectivity index (χ0) is 19.1. The zero-order valence-corrected chi connectivity index (χ0v) is 16.2. The van der Waals surface area contributed by atoms with Crippen LogP contribution in [-0.2, 0) is 24.2 Å². The maximum atomic E-state index is 13.1. The van der Waals surface area contributed by atoms with Gasteiger partial charge in [-0.25, -0.2) is 9.97 Å². The molecular formula is C20H27N5O2. The van der Waals surface area contributed by atoms with Crippen molar-refractivity contribution < 1.29 is 4.79 Å². The van der Waals surface area contributed by atoms with Gasteiger partial charge in [0.05, 0.1) is 12.2 Å². The molecule has 0 saturated heterocycles. The number of imidazole rings is 1. The lowest BCUT2D eigenvalue weighted by atomic mass is 10.0. The first-order chi connectivity index (χ1) is 12.9. The first kappa shape index (κ1) is 17.9. The number of H-pyrrole nitrogens is 1. The Kier molecular flexibility index (Phi) is 4.61. The van der Waals surface area contributed by atoms with E-state index in [1.54, 1.807) is 6.20 Å². The normalized spacial score (nSPS) is 17.9. The molecule has 0 radical (unpaired) electrons. The third-order valence-electron chi connectivity index (χ3n) is 5.60. The second-order valence-corrected chi connectivity index (χ2v) is 8.12. The van der Waals surface area contributed by atoms with Gasteiger partial charge in [-0.2, -0.15) is 0 Å². The first-order valence-corrected chi connectivity index (χ1v) is 9.86. The highest BCUT2D eigenvalue weighted by Crippen LogP contribution is 2.31. The van der Waals surface area contributed by atoms with E-state index in [1.165, 1.54) is 12.8 Å². The fourth-order valence-electron chi connectivity index (χ4n) is 3.85. The van der Waals surface area contributed by atoms with Crippen molar-refractivity contribution in [2.24, 2.45) is 5.92 Å². The van der Waals surface area contributed by atoms with E-state index >= 15 is 0 Å². The van der Waals surface area contributed by atoms with E-state index in [9.17, 15) is 9.59 Å². The molecule has 0 spiro atoms. The van der Waals surface area contributed by atoms with Crippen molar-refractivity contribution in [2.75, 3.05) is 6.54 Å². The molecule has 1 N–H and O–H groups in total. The molecule has 1 aliphatic heterocycles. The molecule has 3 heterocycles. The predicted molar refractivity (Wildman–Crippen MR) is 101 cm³/mol. The van der Waals surface area contributed by atoms with E-state index in [4.69, 9.17) is 0 Å². The molecule has 1 aliphatic carbocycles. The van der Waals surface area contributed by atoms with Gasteiger partial charge in [0.1, 0.15) is 17.7 Å². The Morgan fingerprint density at radius 1 is 1.33 bits per heavy atom. The SMILES string of the molecule is CC(C)c1nccn1[C@H](C)C(=O)N1CCc2c(nc(CC3CC3)[nH]c2=O)C1. The molecule has 7 nitrogen and oxygen atoms in total. The molecule has 7 heteroatoms. The van der Waals surface area contributed by atoms with Gasteiger partial charge in [0.15, 0.2) is 0 Å². The molecule has 144 valence electrons. The molecule has 2 aliphatic rings. The smallest absolute Gasteiger partial charge is 0.254 e. The van der Waals surface area contributed by atoms with Crippen molar-refractivity contribution in [1.82, 2.24) is 24.4 Å². The summed E-state index contributed by atoms with van der Waals surface area (Å²) in [6.45, 7) is 7.02. The summed E-state index contributed by atoms with van der Waals surface area (Å²) in [4.78, 5) is 39.3. The van der Waals surface area contributed by atoms with Gasteiger partial charge >= 0.3 is 0 Å². The van der Waals surface area contributed by atoms with E-state index in [0.29, 0.717) is 25.4 Å².